The summed E-state index contributed by atoms with van der Waals surface area (Å²) < 4.78 is 0. The zero-order valence-corrected chi connectivity index (χ0v) is 10.7. The van der Waals surface area contributed by atoms with Gasteiger partial charge < -0.3 is 5.73 Å². The molecule has 0 bridgehead atoms. The Morgan fingerprint density at radius 1 is 1.22 bits per heavy atom. The van der Waals surface area contributed by atoms with Crippen LogP contribution in [0.15, 0.2) is 52.3 Å². The van der Waals surface area contributed by atoms with E-state index in [1.165, 1.54) is 23.9 Å². The first-order valence-electron chi connectivity index (χ1n) is 5.03. The molecule has 2 aromatic rings. The van der Waals surface area contributed by atoms with Gasteiger partial charge in [-0.05, 0) is 24.3 Å². The summed E-state index contributed by atoms with van der Waals surface area (Å²) >= 11 is 7.30. The number of nitro benzene ring substituents is 1. The van der Waals surface area contributed by atoms with Crippen molar-refractivity contribution in [3.63, 3.8) is 0 Å². The molecule has 0 fully saturated rings. The fourth-order valence-electron chi connectivity index (χ4n) is 1.40. The van der Waals surface area contributed by atoms with Crippen LogP contribution in [0, 0.1) is 10.1 Å². The van der Waals surface area contributed by atoms with E-state index >= 15 is 0 Å². The van der Waals surface area contributed by atoms with Gasteiger partial charge in [0.2, 0.25) is 0 Å². The highest BCUT2D eigenvalue weighted by molar-refractivity contribution is 7.99. The molecule has 2 N–H and O–H groups in total. The van der Waals surface area contributed by atoms with Crippen LogP contribution in [0.1, 0.15) is 0 Å². The van der Waals surface area contributed by atoms with E-state index in [-0.39, 0.29) is 5.69 Å². The SMILES string of the molecule is Nc1cc([N+](=O)[O-])ccc1Sc1cccc(Cl)c1. The van der Waals surface area contributed by atoms with E-state index in [0.29, 0.717) is 10.7 Å². The van der Waals surface area contributed by atoms with Gasteiger partial charge in [-0.1, -0.05) is 29.4 Å². The summed E-state index contributed by atoms with van der Waals surface area (Å²) in [4.78, 5) is 11.8. The first-order valence-corrected chi connectivity index (χ1v) is 6.23. The van der Waals surface area contributed by atoms with Gasteiger partial charge in [0.25, 0.3) is 5.69 Å². The predicted molar refractivity (Wildman–Crippen MR) is 73.1 cm³/mol. The molecule has 4 nitrogen and oxygen atoms in total. The van der Waals surface area contributed by atoms with Crippen molar-refractivity contribution in [2.45, 2.75) is 9.79 Å². The van der Waals surface area contributed by atoms with E-state index in [0.717, 1.165) is 9.79 Å². The number of hydrogen-bond acceptors (Lipinski definition) is 4. The summed E-state index contributed by atoms with van der Waals surface area (Å²) in [6.07, 6.45) is 0. The Labute approximate surface area is 113 Å². The fourth-order valence-corrected chi connectivity index (χ4v) is 2.55. The molecule has 0 heterocycles. The lowest BCUT2D eigenvalue weighted by Crippen LogP contribution is -1.93. The van der Waals surface area contributed by atoms with Crippen molar-refractivity contribution in [2.24, 2.45) is 0 Å². The normalized spacial score (nSPS) is 10.3. The molecule has 92 valence electrons. The smallest absolute Gasteiger partial charge is 0.271 e. The number of nitrogen functional groups attached to an aromatic ring is 1. The Morgan fingerprint density at radius 3 is 2.61 bits per heavy atom. The number of benzene rings is 2. The molecule has 0 aromatic heterocycles. The Morgan fingerprint density at radius 2 is 2.00 bits per heavy atom. The average molecular weight is 281 g/mol. The molecule has 2 aromatic carbocycles. The van der Waals surface area contributed by atoms with Crippen LogP contribution in [-0.2, 0) is 0 Å². The maximum Gasteiger partial charge on any atom is 0.271 e. The minimum Gasteiger partial charge on any atom is -0.398 e. The van der Waals surface area contributed by atoms with Gasteiger partial charge >= 0.3 is 0 Å². The van der Waals surface area contributed by atoms with Gasteiger partial charge in [-0.15, -0.1) is 0 Å². The van der Waals surface area contributed by atoms with Crippen molar-refractivity contribution in [2.75, 3.05) is 5.73 Å². The molecule has 2 rings (SSSR count). The monoisotopic (exact) mass is 280 g/mol. The van der Waals surface area contributed by atoms with Gasteiger partial charge in [-0.3, -0.25) is 10.1 Å². The lowest BCUT2D eigenvalue weighted by atomic mass is 10.3. The van der Waals surface area contributed by atoms with Gasteiger partial charge in [0.15, 0.2) is 0 Å². The number of non-ortho nitro benzene ring substituents is 1. The van der Waals surface area contributed by atoms with Crippen LogP contribution in [0.5, 0.6) is 0 Å². The lowest BCUT2D eigenvalue weighted by molar-refractivity contribution is -0.384. The van der Waals surface area contributed by atoms with E-state index in [1.807, 2.05) is 18.2 Å². The quantitative estimate of drug-likeness (QED) is 0.524. The summed E-state index contributed by atoms with van der Waals surface area (Å²) in [7, 11) is 0. The molecular formula is C12H9ClN2O2S. The van der Waals surface area contributed by atoms with Gasteiger partial charge in [0.05, 0.1) is 10.6 Å². The summed E-state index contributed by atoms with van der Waals surface area (Å²) in [6.45, 7) is 0. The van der Waals surface area contributed by atoms with Crippen LogP contribution in [0.3, 0.4) is 0 Å². The van der Waals surface area contributed by atoms with E-state index in [2.05, 4.69) is 0 Å². The highest BCUT2D eigenvalue weighted by atomic mass is 35.5. The second-order valence-electron chi connectivity index (χ2n) is 3.54. The first kappa shape index (κ1) is 12.7. The number of rotatable bonds is 3. The average Bonchev–Trinajstić information content (AvgIpc) is 2.31. The molecule has 0 atom stereocenters. The molecule has 0 aliphatic carbocycles. The third-order valence-corrected chi connectivity index (χ3v) is 3.54. The molecule has 0 saturated carbocycles. The molecule has 6 heteroatoms. The third kappa shape index (κ3) is 2.94. The molecular weight excluding hydrogens is 272 g/mol. The number of nitrogens with zero attached hydrogens (tertiary/aromatic N) is 1. The number of nitro groups is 1. The van der Waals surface area contributed by atoms with Crippen molar-refractivity contribution in [1.82, 2.24) is 0 Å². The highest BCUT2D eigenvalue weighted by Gasteiger charge is 2.09. The maximum atomic E-state index is 10.6. The minimum absolute atomic E-state index is 0.0112. The van der Waals surface area contributed by atoms with Crippen LogP contribution in [0.25, 0.3) is 0 Å². The number of nitrogens with two attached hydrogens (primary N) is 1. The maximum absolute atomic E-state index is 10.6. The molecule has 0 amide bonds. The third-order valence-electron chi connectivity index (χ3n) is 2.23. The molecule has 0 unspecified atom stereocenters. The zero-order valence-electron chi connectivity index (χ0n) is 9.17. The number of halogens is 1. The van der Waals surface area contributed by atoms with Gasteiger partial charge in [-0.25, -0.2) is 0 Å². The van der Waals surface area contributed by atoms with Gasteiger partial charge in [0, 0.05) is 26.9 Å². The minimum atomic E-state index is -0.468. The zero-order chi connectivity index (χ0) is 13.1. The largest absolute Gasteiger partial charge is 0.398 e. The molecule has 0 spiro atoms. The second-order valence-corrected chi connectivity index (χ2v) is 5.09. The van der Waals surface area contributed by atoms with E-state index in [1.54, 1.807) is 12.1 Å². The first-order chi connectivity index (χ1) is 8.56. The van der Waals surface area contributed by atoms with E-state index in [9.17, 15) is 10.1 Å². The van der Waals surface area contributed by atoms with E-state index < -0.39 is 4.92 Å². The van der Waals surface area contributed by atoms with Crippen LogP contribution in [0.4, 0.5) is 11.4 Å². The predicted octanol–water partition coefficient (Wildman–Crippen LogP) is 3.98. The molecule has 0 aliphatic heterocycles. The number of anilines is 1. The Hall–Kier alpha value is -1.72. The topological polar surface area (TPSA) is 69.2 Å². The molecule has 0 radical (unpaired) electrons. The van der Waals surface area contributed by atoms with Crippen molar-refractivity contribution in [3.05, 3.63) is 57.6 Å². The van der Waals surface area contributed by atoms with Crippen LogP contribution < -0.4 is 5.73 Å². The lowest BCUT2D eigenvalue weighted by Gasteiger charge is -2.05. The Balaban J connectivity index is 2.27. The fraction of sp³-hybridized carbons (Fsp3) is 0. The van der Waals surface area contributed by atoms with Gasteiger partial charge in [-0.2, -0.15) is 0 Å². The summed E-state index contributed by atoms with van der Waals surface area (Å²) in [5.74, 6) is 0. The summed E-state index contributed by atoms with van der Waals surface area (Å²) in [5.41, 5.74) is 6.16. The molecule has 18 heavy (non-hydrogen) atoms. The standard InChI is InChI=1S/C12H9ClN2O2S/c13-8-2-1-3-10(6-8)18-12-5-4-9(15(16)17)7-11(12)14/h1-7H,14H2. The Kier molecular flexibility index (Phi) is 3.74. The van der Waals surface area contributed by atoms with E-state index in [4.69, 9.17) is 17.3 Å². The number of hydrogen-bond donors (Lipinski definition) is 1. The van der Waals surface area contributed by atoms with Crippen molar-refractivity contribution in [3.8, 4) is 0 Å². The van der Waals surface area contributed by atoms with Crippen molar-refractivity contribution in [1.29, 1.82) is 0 Å². The van der Waals surface area contributed by atoms with Crippen molar-refractivity contribution >= 4 is 34.7 Å². The van der Waals surface area contributed by atoms with Crippen LogP contribution >= 0.6 is 23.4 Å². The van der Waals surface area contributed by atoms with Gasteiger partial charge in [0.1, 0.15) is 0 Å². The second kappa shape index (κ2) is 5.29. The summed E-state index contributed by atoms with van der Waals surface area (Å²) in [6, 6.07) is 11.8. The highest BCUT2D eigenvalue weighted by Crippen LogP contribution is 2.34. The summed E-state index contributed by atoms with van der Waals surface area (Å²) in [5, 5.41) is 11.2. The molecule has 0 aliphatic rings. The van der Waals surface area contributed by atoms with Crippen LogP contribution in [-0.4, -0.2) is 4.92 Å². The van der Waals surface area contributed by atoms with Crippen LogP contribution in [0.2, 0.25) is 5.02 Å². The molecule has 0 saturated heterocycles. The Bertz CT molecular complexity index is 604. The van der Waals surface area contributed by atoms with Crippen molar-refractivity contribution < 1.29 is 4.92 Å².